The maximum absolute atomic E-state index is 13.6. The van der Waals surface area contributed by atoms with Crippen LogP contribution in [0.1, 0.15) is 49.0 Å². The van der Waals surface area contributed by atoms with Gasteiger partial charge in [-0.2, -0.15) is 0 Å². The lowest BCUT2D eigenvalue weighted by Crippen LogP contribution is -2.36. The van der Waals surface area contributed by atoms with Gasteiger partial charge in [-0.25, -0.2) is 4.79 Å². The first-order chi connectivity index (χ1) is 16.6. The zero-order valence-corrected chi connectivity index (χ0v) is 20.0. The number of nitrogens with one attached hydrogen (secondary N) is 1. The van der Waals surface area contributed by atoms with Crippen LogP contribution < -0.4 is 14.8 Å². The Kier molecular flexibility index (Phi) is 6.43. The van der Waals surface area contributed by atoms with Crippen LogP contribution in [0.3, 0.4) is 0 Å². The van der Waals surface area contributed by atoms with Crippen molar-refractivity contribution in [3.05, 3.63) is 68.7 Å². The zero-order valence-electron chi connectivity index (χ0n) is 19.2. The van der Waals surface area contributed by atoms with E-state index in [2.05, 4.69) is 11.4 Å². The number of carbonyl (C=O) groups excluding carboxylic acids is 2. The summed E-state index contributed by atoms with van der Waals surface area (Å²) in [5, 5.41) is 5.42. The molecule has 3 aliphatic rings. The van der Waals surface area contributed by atoms with Gasteiger partial charge < -0.3 is 24.3 Å². The molecule has 1 N–H and O–H groups in total. The summed E-state index contributed by atoms with van der Waals surface area (Å²) in [4.78, 5) is 28.0. The van der Waals surface area contributed by atoms with Gasteiger partial charge in [-0.1, -0.05) is 12.1 Å². The van der Waals surface area contributed by atoms with Crippen molar-refractivity contribution < 1.29 is 28.5 Å². The number of hydrogen-bond acceptors (Lipinski definition) is 8. The third-order valence-electron chi connectivity index (χ3n) is 6.39. The summed E-state index contributed by atoms with van der Waals surface area (Å²) in [6.07, 6.45) is 1.13. The number of fused-ring (bicyclic) bond motifs is 1. The number of allylic oxidation sites excluding steroid dienone is 3. The van der Waals surface area contributed by atoms with E-state index in [0.29, 0.717) is 54.4 Å². The molecule has 2 atom stereocenters. The van der Waals surface area contributed by atoms with Crippen molar-refractivity contribution >= 4 is 23.1 Å². The molecule has 1 aromatic heterocycles. The lowest BCUT2D eigenvalue weighted by molar-refractivity contribution is -0.140. The van der Waals surface area contributed by atoms with E-state index in [-0.39, 0.29) is 25.1 Å². The highest BCUT2D eigenvalue weighted by Gasteiger charge is 2.42. The minimum Gasteiger partial charge on any atom is -0.460 e. The largest absolute Gasteiger partial charge is 0.460 e. The molecule has 0 radical (unpaired) electrons. The van der Waals surface area contributed by atoms with Crippen molar-refractivity contribution in [1.29, 1.82) is 0 Å². The van der Waals surface area contributed by atoms with Gasteiger partial charge >= 0.3 is 5.97 Å². The van der Waals surface area contributed by atoms with Crippen LogP contribution in [0.4, 0.5) is 0 Å². The quantitative estimate of drug-likeness (QED) is 0.463. The van der Waals surface area contributed by atoms with Gasteiger partial charge in [0.1, 0.15) is 6.61 Å². The molecular formula is C26H27NO6S. The lowest BCUT2D eigenvalue weighted by Gasteiger charge is -2.36. The van der Waals surface area contributed by atoms with Crippen LogP contribution in [0.25, 0.3) is 0 Å². The summed E-state index contributed by atoms with van der Waals surface area (Å²) < 4.78 is 21.9. The fourth-order valence-electron chi connectivity index (χ4n) is 4.88. The van der Waals surface area contributed by atoms with E-state index in [1.54, 1.807) is 11.3 Å². The molecule has 1 aliphatic carbocycles. The summed E-state index contributed by atoms with van der Waals surface area (Å²) in [6, 6.07) is 9.68. The topological polar surface area (TPSA) is 83.1 Å². The van der Waals surface area contributed by atoms with E-state index in [9.17, 15) is 9.59 Å². The van der Waals surface area contributed by atoms with Crippen molar-refractivity contribution in [2.45, 2.75) is 38.5 Å². The average molecular weight is 482 g/mol. The SMILES string of the molecule is CCOCCOC(=O)C1=C(C)NC2=C(C(=O)CC(c3cccs3)C2)C1c1ccc2c(c1)OCO2. The van der Waals surface area contributed by atoms with E-state index < -0.39 is 11.9 Å². The van der Waals surface area contributed by atoms with Crippen molar-refractivity contribution in [2.75, 3.05) is 26.6 Å². The molecule has 1 aromatic carbocycles. The first-order valence-electron chi connectivity index (χ1n) is 11.5. The number of hydrogen-bond donors (Lipinski definition) is 1. The van der Waals surface area contributed by atoms with Crippen molar-refractivity contribution in [2.24, 2.45) is 0 Å². The summed E-state index contributed by atoms with van der Waals surface area (Å²) in [5.74, 6) is 0.445. The monoisotopic (exact) mass is 481 g/mol. The predicted octanol–water partition coefficient (Wildman–Crippen LogP) is 4.42. The van der Waals surface area contributed by atoms with Crippen LogP contribution in [-0.2, 0) is 19.1 Å². The molecule has 0 saturated carbocycles. The number of dihydropyridines is 1. The second-order valence-corrected chi connectivity index (χ2v) is 9.46. The lowest BCUT2D eigenvalue weighted by atomic mass is 9.72. The molecule has 34 heavy (non-hydrogen) atoms. The average Bonchev–Trinajstić information content (AvgIpc) is 3.52. The minimum absolute atomic E-state index is 0.0435. The first-order valence-corrected chi connectivity index (χ1v) is 12.4. The Morgan fingerprint density at radius 2 is 2.03 bits per heavy atom. The number of carbonyl (C=O) groups is 2. The number of ketones is 1. The smallest absolute Gasteiger partial charge is 0.336 e. The second kappa shape index (κ2) is 9.64. The molecule has 178 valence electrons. The first kappa shape index (κ1) is 22.7. The summed E-state index contributed by atoms with van der Waals surface area (Å²) in [7, 11) is 0. The molecule has 0 fully saturated rings. The Bertz CT molecular complexity index is 1170. The van der Waals surface area contributed by atoms with Crippen molar-refractivity contribution in [1.82, 2.24) is 5.32 Å². The maximum atomic E-state index is 13.6. The summed E-state index contributed by atoms with van der Waals surface area (Å²) in [6.45, 7) is 4.94. The minimum atomic E-state index is -0.540. The highest BCUT2D eigenvalue weighted by atomic mass is 32.1. The van der Waals surface area contributed by atoms with Crippen molar-refractivity contribution in [3.63, 3.8) is 0 Å². The van der Waals surface area contributed by atoms with Crippen LogP contribution >= 0.6 is 11.3 Å². The number of ether oxygens (including phenoxy) is 4. The highest BCUT2D eigenvalue weighted by molar-refractivity contribution is 7.10. The molecule has 0 bridgehead atoms. The summed E-state index contributed by atoms with van der Waals surface area (Å²) in [5.41, 5.74) is 3.45. The van der Waals surface area contributed by atoms with E-state index >= 15 is 0 Å². The summed E-state index contributed by atoms with van der Waals surface area (Å²) >= 11 is 1.67. The Hall–Kier alpha value is -3.10. The fraction of sp³-hybridized carbons (Fsp3) is 0.385. The van der Waals surface area contributed by atoms with Gasteiger partial charge in [0.25, 0.3) is 0 Å². The van der Waals surface area contributed by atoms with Crippen LogP contribution in [-0.4, -0.2) is 38.4 Å². The molecule has 2 aromatic rings. The molecule has 5 rings (SSSR count). The number of Topliss-reactive ketones (excluding diaryl/α,β-unsaturated/α-hetero) is 1. The van der Waals surface area contributed by atoms with Crippen LogP contribution in [0.5, 0.6) is 11.5 Å². The standard InChI is InChI=1S/C26H27NO6S/c1-3-30-8-9-31-26(29)23-15(2)27-18-11-17(22-5-4-10-34-22)12-19(28)25(18)24(23)16-6-7-20-21(13-16)33-14-32-20/h4-7,10,13,17,24,27H,3,8-9,11-12,14H2,1-2H3. The molecule has 2 aliphatic heterocycles. The Labute approximate surface area is 202 Å². The molecule has 0 saturated heterocycles. The number of rotatable bonds is 7. The van der Waals surface area contributed by atoms with Crippen LogP contribution in [0.15, 0.2) is 58.3 Å². The third-order valence-corrected chi connectivity index (χ3v) is 7.42. The molecule has 7 nitrogen and oxygen atoms in total. The molecule has 3 heterocycles. The molecular weight excluding hydrogens is 454 g/mol. The highest BCUT2D eigenvalue weighted by Crippen LogP contribution is 2.47. The zero-order chi connectivity index (χ0) is 23.7. The van der Waals surface area contributed by atoms with E-state index in [1.807, 2.05) is 43.5 Å². The van der Waals surface area contributed by atoms with E-state index in [1.165, 1.54) is 4.88 Å². The fourth-order valence-corrected chi connectivity index (χ4v) is 5.71. The Morgan fingerprint density at radius 1 is 1.18 bits per heavy atom. The van der Waals surface area contributed by atoms with Gasteiger partial charge in [-0.05, 0) is 49.4 Å². The van der Waals surface area contributed by atoms with E-state index in [0.717, 1.165) is 11.3 Å². The van der Waals surface area contributed by atoms with Gasteiger partial charge in [-0.3, -0.25) is 4.79 Å². The molecule has 2 unspecified atom stereocenters. The molecule has 0 amide bonds. The van der Waals surface area contributed by atoms with Gasteiger partial charge in [-0.15, -0.1) is 11.3 Å². The Morgan fingerprint density at radius 3 is 2.82 bits per heavy atom. The number of esters is 1. The second-order valence-electron chi connectivity index (χ2n) is 8.48. The van der Waals surface area contributed by atoms with Crippen molar-refractivity contribution in [3.8, 4) is 11.5 Å². The van der Waals surface area contributed by atoms with Crippen LogP contribution in [0, 0.1) is 0 Å². The number of benzene rings is 1. The van der Waals surface area contributed by atoms with Gasteiger partial charge in [0.2, 0.25) is 6.79 Å². The van der Waals surface area contributed by atoms with Crippen LogP contribution in [0.2, 0.25) is 0 Å². The normalized spacial score (nSPS) is 21.4. The maximum Gasteiger partial charge on any atom is 0.336 e. The third kappa shape index (κ3) is 4.23. The van der Waals surface area contributed by atoms with Gasteiger partial charge in [0.05, 0.1) is 12.2 Å². The predicted molar refractivity (Wildman–Crippen MR) is 127 cm³/mol. The Balaban J connectivity index is 1.53. The van der Waals surface area contributed by atoms with Gasteiger partial charge in [0, 0.05) is 46.7 Å². The van der Waals surface area contributed by atoms with E-state index in [4.69, 9.17) is 18.9 Å². The molecule has 0 spiro atoms. The number of thiophene rings is 1. The van der Waals surface area contributed by atoms with Gasteiger partial charge in [0.15, 0.2) is 17.3 Å². The molecule has 8 heteroatoms.